The van der Waals surface area contributed by atoms with E-state index >= 15 is 0 Å². The molecular formula is C22H32N4O4. The molecule has 0 spiro atoms. The van der Waals surface area contributed by atoms with Crippen molar-refractivity contribution in [3.63, 3.8) is 0 Å². The maximum absolute atomic E-state index is 13.0. The molecule has 0 unspecified atom stereocenters. The van der Waals surface area contributed by atoms with Crippen LogP contribution in [0.4, 0.5) is 5.69 Å². The number of carbonyl (C=O) groups is 3. The quantitative estimate of drug-likeness (QED) is 0.800. The minimum atomic E-state index is -0.552. The minimum Gasteiger partial charge on any atom is -0.367 e. The van der Waals surface area contributed by atoms with Gasteiger partial charge in [0.1, 0.15) is 0 Å². The number of amides is 2. The Morgan fingerprint density at radius 3 is 2.53 bits per heavy atom. The van der Waals surface area contributed by atoms with Crippen LogP contribution in [0.3, 0.4) is 0 Å². The number of fused-ring (bicyclic) bond motifs is 1. The van der Waals surface area contributed by atoms with Crippen LogP contribution in [0.15, 0.2) is 18.2 Å². The molecule has 0 bridgehead atoms. The Kier molecular flexibility index (Phi) is 6.47. The largest absolute Gasteiger partial charge is 0.367 e. The van der Waals surface area contributed by atoms with E-state index in [1.54, 1.807) is 29.1 Å². The van der Waals surface area contributed by atoms with Crippen molar-refractivity contribution in [1.29, 1.82) is 0 Å². The third-order valence-electron chi connectivity index (χ3n) is 5.59. The number of hydroxylamine groups is 2. The number of anilines is 1. The van der Waals surface area contributed by atoms with E-state index in [4.69, 9.17) is 4.84 Å². The third-order valence-corrected chi connectivity index (χ3v) is 5.59. The van der Waals surface area contributed by atoms with Crippen LogP contribution in [0.25, 0.3) is 0 Å². The molecule has 0 radical (unpaired) electrons. The average molecular weight is 417 g/mol. The average Bonchev–Trinajstić information content (AvgIpc) is 3.11. The fourth-order valence-electron chi connectivity index (χ4n) is 3.74. The van der Waals surface area contributed by atoms with E-state index in [0.29, 0.717) is 38.3 Å². The lowest BCUT2D eigenvalue weighted by Gasteiger charge is -2.39. The van der Waals surface area contributed by atoms with Gasteiger partial charge in [-0.1, -0.05) is 6.07 Å². The monoisotopic (exact) mass is 416 g/mol. The standard InChI is InChI=1S/C22H32N4O4/c1-15-13-24(10-11-26(15)30-21(29)22(2,3)4)14-19(27)25-9-8-16-6-7-17(12-18(16)25)20(28)23-5/h6-7,12,15H,8-11,13-14H2,1-5H3,(H,23,28)/t15-/m1/s1. The van der Waals surface area contributed by atoms with Crippen LogP contribution in [0, 0.1) is 5.41 Å². The highest BCUT2D eigenvalue weighted by atomic mass is 16.7. The van der Waals surface area contributed by atoms with Crippen LogP contribution in [0.1, 0.15) is 43.6 Å². The molecule has 0 aromatic heterocycles. The lowest BCUT2D eigenvalue weighted by molar-refractivity contribution is -0.219. The van der Waals surface area contributed by atoms with Crippen molar-refractivity contribution in [3.05, 3.63) is 29.3 Å². The van der Waals surface area contributed by atoms with Gasteiger partial charge in [0.15, 0.2) is 0 Å². The van der Waals surface area contributed by atoms with Crippen molar-refractivity contribution >= 4 is 23.5 Å². The highest BCUT2D eigenvalue weighted by Crippen LogP contribution is 2.29. The molecule has 164 valence electrons. The Labute approximate surface area is 178 Å². The first-order chi connectivity index (χ1) is 14.1. The number of rotatable bonds is 4. The summed E-state index contributed by atoms with van der Waals surface area (Å²) in [6.07, 6.45) is 0.794. The first kappa shape index (κ1) is 22.2. The van der Waals surface area contributed by atoms with E-state index < -0.39 is 5.41 Å². The normalized spacial score (nSPS) is 20.0. The third kappa shape index (κ3) is 4.82. The fraction of sp³-hybridized carbons (Fsp3) is 0.591. The molecule has 1 N–H and O–H groups in total. The Balaban J connectivity index is 1.60. The number of piperazine rings is 1. The van der Waals surface area contributed by atoms with Crippen molar-refractivity contribution in [1.82, 2.24) is 15.3 Å². The highest BCUT2D eigenvalue weighted by Gasteiger charge is 2.33. The second-order valence-electron chi connectivity index (χ2n) is 9.07. The van der Waals surface area contributed by atoms with E-state index in [1.165, 1.54) is 0 Å². The van der Waals surface area contributed by atoms with Gasteiger partial charge in [-0.3, -0.25) is 14.5 Å². The molecule has 1 aromatic rings. The summed E-state index contributed by atoms with van der Waals surface area (Å²) in [4.78, 5) is 46.5. The zero-order chi connectivity index (χ0) is 22.1. The first-order valence-corrected chi connectivity index (χ1v) is 10.5. The van der Waals surface area contributed by atoms with Crippen LogP contribution < -0.4 is 10.2 Å². The Bertz CT molecular complexity index is 833. The minimum absolute atomic E-state index is 0.00330. The van der Waals surface area contributed by atoms with Gasteiger partial charge in [0, 0.05) is 44.5 Å². The molecule has 0 saturated carbocycles. The number of nitrogens with one attached hydrogen (secondary N) is 1. The molecule has 2 aliphatic heterocycles. The zero-order valence-corrected chi connectivity index (χ0v) is 18.5. The van der Waals surface area contributed by atoms with E-state index in [2.05, 4.69) is 10.2 Å². The summed E-state index contributed by atoms with van der Waals surface area (Å²) in [6.45, 7) is 10.3. The summed E-state index contributed by atoms with van der Waals surface area (Å²) in [5.74, 6) is -0.388. The molecule has 1 atom stereocenters. The van der Waals surface area contributed by atoms with Crippen molar-refractivity contribution in [2.75, 3.05) is 44.7 Å². The van der Waals surface area contributed by atoms with Crippen molar-refractivity contribution in [2.24, 2.45) is 5.41 Å². The molecule has 0 aliphatic carbocycles. The second-order valence-corrected chi connectivity index (χ2v) is 9.07. The molecule has 8 heteroatoms. The number of carbonyl (C=O) groups excluding carboxylic acids is 3. The van der Waals surface area contributed by atoms with Gasteiger partial charge in [0.05, 0.1) is 18.0 Å². The van der Waals surface area contributed by atoms with Crippen LogP contribution in [0.5, 0.6) is 0 Å². The number of hydrogen-bond acceptors (Lipinski definition) is 6. The molecule has 2 amide bonds. The summed E-state index contributed by atoms with van der Waals surface area (Å²) >= 11 is 0. The predicted octanol–water partition coefficient (Wildman–Crippen LogP) is 1.45. The Morgan fingerprint density at radius 1 is 1.17 bits per heavy atom. The molecular weight excluding hydrogens is 384 g/mol. The summed E-state index contributed by atoms with van der Waals surface area (Å²) in [6, 6.07) is 5.53. The van der Waals surface area contributed by atoms with Gasteiger partial charge >= 0.3 is 5.97 Å². The van der Waals surface area contributed by atoms with Gasteiger partial charge in [0.25, 0.3) is 5.91 Å². The van der Waals surface area contributed by atoms with E-state index in [1.807, 2.05) is 33.8 Å². The van der Waals surface area contributed by atoms with Gasteiger partial charge in [0.2, 0.25) is 5.91 Å². The molecule has 1 fully saturated rings. The molecule has 1 saturated heterocycles. The molecule has 30 heavy (non-hydrogen) atoms. The lowest BCUT2D eigenvalue weighted by Crippen LogP contribution is -2.55. The maximum Gasteiger partial charge on any atom is 0.330 e. The second kappa shape index (κ2) is 8.73. The summed E-state index contributed by atoms with van der Waals surface area (Å²) in [5, 5.41) is 4.34. The number of hydrogen-bond donors (Lipinski definition) is 1. The molecule has 8 nitrogen and oxygen atoms in total. The van der Waals surface area contributed by atoms with Crippen molar-refractivity contribution in [2.45, 2.75) is 40.2 Å². The number of benzene rings is 1. The van der Waals surface area contributed by atoms with Crippen LogP contribution in [-0.2, 0) is 20.8 Å². The van der Waals surface area contributed by atoms with Gasteiger partial charge in [-0.25, -0.2) is 4.79 Å². The molecule has 2 aliphatic rings. The van der Waals surface area contributed by atoms with E-state index in [0.717, 1.165) is 17.7 Å². The molecule has 2 heterocycles. The summed E-state index contributed by atoms with van der Waals surface area (Å²) < 4.78 is 0. The van der Waals surface area contributed by atoms with E-state index in [-0.39, 0.29) is 23.8 Å². The fourth-order valence-corrected chi connectivity index (χ4v) is 3.74. The van der Waals surface area contributed by atoms with Gasteiger partial charge in [-0.15, -0.1) is 5.06 Å². The summed E-state index contributed by atoms with van der Waals surface area (Å²) in [5.41, 5.74) is 1.91. The molecule has 1 aromatic carbocycles. The van der Waals surface area contributed by atoms with Crippen LogP contribution in [-0.4, -0.2) is 73.6 Å². The van der Waals surface area contributed by atoms with Gasteiger partial charge in [-0.2, -0.15) is 0 Å². The van der Waals surface area contributed by atoms with E-state index in [9.17, 15) is 14.4 Å². The number of nitrogens with zero attached hydrogens (tertiary/aromatic N) is 3. The molecule has 3 rings (SSSR count). The van der Waals surface area contributed by atoms with Crippen LogP contribution in [0.2, 0.25) is 0 Å². The Morgan fingerprint density at radius 2 is 1.90 bits per heavy atom. The van der Waals surface area contributed by atoms with Crippen molar-refractivity contribution < 1.29 is 19.2 Å². The smallest absolute Gasteiger partial charge is 0.330 e. The SMILES string of the molecule is CNC(=O)c1ccc2c(c1)N(C(=O)CN1CCN(OC(=O)C(C)(C)C)[C@H](C)C1)CC2. The Hall–Kier alpha value is -2.45. The zero-order valence-electron chi connectivity index (χ0n) is 18.5. The van der Waals surface area contributed by atoms with Gasteiger partial charge in [-0.05, 0) is 51.8 Å². The predicted molar refractivity (Wildman–Crippen MR) is 114 cm³/mol. The lowest BCUT2D eigenvalue weighted by atomic mass is 9.98. The maximum atomic E-state index is 13.0. The first-order valence-electron chi connectivity index (χ1n) is 10.5. The van der Waals surface area contributed by atoms with Crippen molar-refractivity contribution in [3.8, 4) is 0 Å². The van der Waals surface area contributed by atoms with Gasteiger partial charge < -0.3 is 15.1 Å². The summed E-state index contributed by atoms with van der Waals surface area (Å²) in [7, 11) is 1.60. The highest BCUT2D eigenvalue weighted by molar-refractivity contribution is 6.00. The topological polar surface area (TPSA) is 82.2 Å². The van der Waals surface area contributed by atoms with Crippen LogP contribution >= 0.6 is 0 Å².